The Morgan fingerprint density at radius 2 is 1.52 bits per heavy atom. The minimum atomic E-state index is -0.904. The molecule has 0 saturated carbocycles. The molecule has 4 nitrogen and oxygen atoms in total. The van der Waals surface area contributed by atoms with Gasteiger partial charge in [0.05, 0.1) is 23.0 Å². The Morgan fingerprint density at radius 1 is 0.909 bits per heavy atom. The minimum absolute atomic E-state index is 0.0833. The smallest absolute Gasteiger partial charge is 0.335 e. The van der Waals surface area contributed by atoms with Crippen molar-refractivity contribution in [1.29, 1.82) is 0 Å². The Bertz CT molecular complexity index is 1240. The molecule has 4 heteroatoms. The first-order chi connectivity index (χ1) is 15.6. The van der Waals surface area contributed by atoms with Crippen molar-refractivity contribution in [3.63, 3.8) is 0 Å². The van der Waals surface area contributed by atoms with Crippen LogP contribution in [0.4, 0.5) is 17.1 Å². The zero-order valence-corrected chi connectivity index (χ0v) is 20.1. The second kappa shape index (κ2) is 7.38. The summed E-state index contributed by atoms with van der Waals surface area (Å²) in [7, 11) is 2.14. The SMILES string of the molecule is CN1c2ccccc2NC(c2ccc(C(=O)O)cc2)c2cc3c(cc21)C(C)(C)CCC3(C)C. The van der Waals surface area contributed by atoms with E-state index in [4.69, 9.17) is 0 Å². The van der Waals surface area contributed by atoms with Crippen LogP contribution in [0.5, 0.6) is 0 Å². The van der Waals surface area contributed by atoms with Crippen molar-refractivity contribution in [2.45, 2.75) is 57.4 Å². The fraction of sp³-hybridized carbons (Fsp3) is 0.345. The van der Waals surface area contributed by atoms with Gasteiger partial charge < -0.3 is 15.3 Å². The van der Waals surface area contributed by atoms with Crippen LogP contribution in [0.25, 0.3) is 0 Å². The Labute approximate surface area is 196 Å². The van der Waals surface area contributed by atoms with Crippen LogP contribution in [-0.4, -0.2) is 18.1 Å². The van der Waals surface area contributed by atoms with Crippen molar-refractivity contribution in [1.82, 2.24) is 0 Å². The van der Waals surface area contributed by atoms with Gasteiger partial charge in [-0.3, -0.25) is 0 Å². The second-order valence-electron chi connectivity index (χ2n) is 10.8. The number of carbonyl (C=O) groups is 1. The minimum Gasteiger partial charge on any atom is -0.478 e. The number of carboxylic acid groups (broad SMARTS) is 1. The lowest BCUT2D eigenvalue weighted by Gasteiger charge is -2.43. The molecule has 0 radical (unpaired) electrons. The number of rotatable bonds is 2. The number of hydrogen-bond donors (Lipinski definition) is 2. The summed E-state index contributed by atoms with van der Waals surface area (Å²) in [4.78, 5) is 13.7. The number of aromatic carboxylic acids is 1. The lowest BCUT2D eigenvalue weighted by molar-refractivity contribution is 0.0697. The molecule has 0 fully saturated rings. The van der Waals surface area contributed by atoms with Gasteiger partial charge in [0.25, 0.3) is 0 Å². The third-order valence-electron chi connectivity index (χ3n) is 7.73. The average molecular weight is 441 g/mol. The lowest BCUT2D eigenvalue weighted by atomic mass is 9.62. The number of nitrogens with one attached hydrogen (secondary N) is 1. The molecule has 0 aromatic heterocycles. The van der Waals surface area contributed by atoms with Crippen LogP contribution in [0.3, 0.4) is 0 Å². The zero-order chi connectivity index (χ0) is 23.5. The molecule has 0 bridgehead atoms. The first-order valence-corrected chi connectivity index (χ1v) is 11.7. The van der Waals surface area contributed by atoms with E-state index in [-0.39, 0.29) is 16.9 Å². The van der Waals surface area contributed by atoms with E-state index in [1.807, 2.05) is 12.1 Å². The topological polar surface area (TPSA) is 52.6 Å². The van der Waals surface area contributed by atoms with Crippen LogP contribution in [0.15, 0.2) is 60.7 Å². The maximum Gasteiger partial charge on any atom is 0.335 e. The summed E-state index contributed by atoms with van der Waals surface area (Å²) in [5, 5.41) is 13.1. The highest BCUT2D eigenvalue weighted by Crippen LogP contribution is 2.51. The van der Waals surface area contributed by atoms with E-state index in [2.05, 4.69) is 81.4 Å². The molecule has 1 unspecified atom stereocenters. The summed E-state index contributed by atoms with van der Waals surface area (Å²) >= 11 is 0. The number of anilines is 3. The van der Waals surface area contributed by atoms with Crippen LogP contribution in [-0.2, 0) is 10.8 Å². The maximum atomic E-state index is 11.4. The molecule has 5 rings (SSSR count). The van der Waals surface area contributed by atoms with Gasteiger partial charge in [0, 0.05) is 18.3 Å². The summed E-state index contributed by atoms with van der Waals surface area (Å²) in [6.45, 7) is 9.43. The fourth-order valence-corrected chi connectivity index (χ4v) is 5.47. The quantitative estimate of drug-likeness (QED) is 0.450. The van der Waals surface area contributed by atoms with E-state index < -0.39 is 5.97 Å². The average Bonchev–Trinajstić information content (AvgIpc) is 2.91. The van der Waals surface area contributed by atoms with Gasteiger partial charge in [-0.1, -0.05) is 58.0 Å². The van der Waals surface area contributed by atoms with E-state index in [1.54, 1.807) is 12.1 Å². The number of benzene rings is 3. The third kappa shape index (κ3) is 3.49. The summed E-state index contributed by atoms with van der Waals surface area (Å²) in [6, 6.07) is 20.4. The van der Waals surface area contributed by atoms with Gasteiger partial charge in [0.2, 0.25) is 0 Å². The highest BCUT2D eigenvalue weighted by atomic mass is 16.4. The van der Waals surface area contributed by atoms with Crippen molar-refractivity contribution in [3.05, 3.63) is 88.5 Å². The van der Waals surface area contributed by atoms with E-state index in [9.17, 15) is 9.90 Å². The Hall–Kier alpha value is -3.27. The molecule has 0 saturated heterocycles. The molecule has 33 heavy (non-hydrogen) atoms. The Kier molecular flexibility index (Phi) is 4.82. The molecule has 3 aromatic carbocycles. The van der Waals surface area contributed by atoms with Crippen LogP contribution in [0.2, 0.25) is 0 Å². The Morgan fingerprint density at radius 3 is 2.15 bits per heavy atom. The number of para-hydroxylation sites is 2. The molecule has 2 aliphatic rings. The number of nitrogens with zero attached hydrogens (tertiary/aromatic N) is 1. The molecular weight excluding hydrogens is 408 g/mol. The van der Waals surface area contributed by atoms with E-state index >= 15 is 0 Å². The van der Waals surface area contributed by atoms with Crippen LogP contribution < -0.4 is 10.2 Å². The molecule has 2 N–H and O–H groups in total. The van der Waals surface area contributed by atoms with Gasteiger partial charge in [-0.2, -0.15) is 0 Å². The van der Waals surface area contributed by atoms with Crippen molar-refractivity contribution in [2.24, 2.45) is 0 Å². The summed E-state index contributed by atoms with van der Waals surface area (Å²) < 4.78 is 0. The highest BCUT2D eigenvalue weighted by molar-refractivity contribution is 5.88. The van der Waals surface area contributed by atoms with Gasteiger partial charge in [0.15, 0.2) is 0 Å². The van der Waals surface area contributed by atoms with E-state index in [1.165, 1.54) is 28.8 Å². The van der Waals surface area contributed by atoms with Gasteiger partial charge in [-0.15, -0.1) is 0 Å². The Balaban J connectivity index is 1.77. The van der Waals surface area contributed by atoms with Crippen molar-refractivity contribution in [2.75, 3.05) is 17.3 Å². The third-order valence-corrected chi connectivity index (χ3v) is 7.73. The molecule has 1 aliphatic heterocycles. The number of carboxylic acids is 1. The molecule has 170 valence electrons. The normalized spacial score (nSPS) is 20.0. The van der Waals surface area contributed by atoms with E-state index in [0.717, 1.165) is 23.4 Å². The number of hydrogen-bond acceptors (Lipinski definition) is 3. The molecule has 1 aliphatic carbocycles. The molecule has 0 spiro atoms. The van der Waals surface area contributed by atoms with Gasteiger partial charge in [0.1, 0.15) is 0 Å². The first kappa shape index (κ1) is 21.6. The van der Waals surface area contributed by atoms with Crippen LogP contribution in [0, 0.1) is 0 Å². The predicted molar refractivity (Wildman–Crippen MR) is 135 cm³/mol. The van der Waals surface area contributed by atoms with Gasteiger partial charge in [-0.05, 0) is 70.7 Å². The van der Waals surface area contributed by atoms with E-state index in [0.29, 0.717) is 5.56 Å². The predicted octanol–water partition coefficient (Wildman–Crippen LogP) is 7.02. The molecule has 1 atom stereocenters. The fourth-order valence-electron chi connectivity index (χ4n) is 5.47. The van der Waals surface area contributed by atoms with Crippen molar-refractivity contribution < 1.29 is 9.90 Å². The molecule has 0 amide bonds. The maximum absolute atomic E-state index is 11.4. The van der Waals surface area contributed by atoms with Crippen molar-refractivity contribution in [3.8, 4) is 0 Å². The summed E-state index contributed by atoms with van der Waals surface area (Å²) in [5.41, 5.74) is 9.07. The van der Waals surface area contributed by atoms with Crippen LogP contribution >= 0.6 is 0 Å². The number of fused-ring (bicyclic) bond motifs is 3. The zero-order valence-electron chi connectivity index (χ0n) is 20.1. The van der Waals surface area contributed by atoms with Crippen LogP contribution in [0.1, 0.15) is 79.2 Å². The molecule has 3 aromatic rings. The monoisotopic (exact) mass is 440 g/mol. The molecular formula is C29H32N2O2. The first-order valence-electron chi connectivity index (χ1n) is 11.7. The summed E-state index contributed by atoms with van der Waals surface area (Å²) in [5.74, 6) is -0.904. The summed E-state index contributed by atoms with van der Waals surface area (Å²) in [6.07, 6.45) is 2.33. The molecule has 1 heterocycles. The van der Waals surface area contributed by atoms with Gasteiger partial charge >= 0.3 is 5.97 Å². The van der Waals surface area contributed by atoms with Gasteiger partial charge in [-0.25, -0.2) is 4.79 Å². The largest absolute Gasteiger partial charge is 0.478 e. The van der Waals surface area contributed by atoms with Crippen molar-refractivity contribution >= 4 is 23.0 Å². The second-order valence-corrected chi connectivity index (χ2v) is 10.8. The standard InChI is InChI=1S/C29H32N2O2/c1-28(2)14-15-29(3,4)22-17-25-20(16-21(22)28)26(18-10-12-19(13-11-18)27(32)33)30-23-8-6-7-9-24(23)31(25)5/h6-13,16-17,26,30H,14-15H2,1-5H3,(H,32,33). The highest BCUT2D eigenvalue weighted by Gasteiger charge is 2.39. The lowest BCUT2D eigenvalue weighted by Crippen LogP contribution is -2.34.